The van der Waals surface area contributed by atoms with Gasteiger partial charge in [-0.2, -0.15) is 5.10 Å². The second-order valence-corrected chi connectivity index (χ2v) is 8.98. The highest BCUT2D eigenvalue weighted by Crippen LogP contribution is 2.32. The smallest absolute Gasteiger partial charge is 0.276 e. The van der Waals surface area contributed by atoms with Gasteiger partial charge in [-0.25, -0.2) is 13.8 Å². The van der Waals surface area contributed by atoms with Crippen LogP contribution >= 0.6 is 0 Å². The molecule has 1 aromatic heterocycles. The Morgan fingerprint density at radius 1 is 1.28 bits per heavy atom. The highest BCUT2D eigenvalue weighted by atomic mass is 19.3. The largest absolute Gasteiger partial charge is 0.390 e. The topological polar surface area (TPSA) is 99.7 Å². The van der Waals surface area contributed by atoms with Crippen LogP contribution in [0.5, 0.6) is 0 Å². The molecule has 0 aliphatic carbocycles. The molecule has 3 N–H and O–H groups in total. The predicted octanol–water partition coefficient (Wildman–Crippen LogP) is 4.38. The lowest BCUT2D eigenvalue weighted by Gasteiger charge is -2.22. The van der Waals surface area contributed by atoms with Crippen LogP contribution in [0.4, 0.5) is 14.5 Å². The van der Waals surface area contributed by atoms with Crippen molar-refractivity contribution in [3.8, 4) is 0 Å². The number of hydrogen-bond donors (Lipinski definition) is 3. The van der Waals surface area contributed by atoms with Crippen LogP contribution in [0.1, 0.15) is 59.9 Å². The van der Waals surface area contributed by atoms with E-state index in [4.69, 9.17) is 0 Å². The van der Waals surface area contributed by atoms with E-state index in [-0.39, 0.29) is 5.70 Å². The van der Waals surface area contributed by atoms with E-state index in [9.17, 15) is 23.8 Å². The van der Waals surface area contributed by atoms with Crippen molar-refractivity contribution in [2.75, 3.05) is 5.32 Å². The molecule has 0 saturated carbocycles. The van der Waals surface area contributed by atoms with E-state index in [0.29, 0.717) is 36.2 Å². The normalized spacial score (nSPS) is 13.8. The van der Waals surface area contributed by atoms with Crippen molar-refractivity contribution < 1.29 is 23.8 Å². The first-order valence-electron chi connectivity index (χ1n) is 10.5. The van der Waals surface area contributed by atoms with Gasteiger partial charge in [0.15, 0.2) is 0 Å². The van der Waals surface area contributed by atoms with Crippen LogP contribution in [0, 0.1) is 0 Å². The van der Waals surface area contributed by atoms with Gasteiger partial charge < -0.3 is 15.5 Å². The molecule has 1 aromatic carbocycles. The first-order chi connectivity index (χ1) is 14.7. The molecule has 0 unspecified atom stereocenters. The van der Waals surface area contributed by atoms with Crippen LogP contribution < -0.4 is 5.32 Å². The van der Waals surface area contributed by atoms with Crippen molar-refractivity contribution in [2.24, 2.45) is 4.99 Å². The summed E-state index contributed by atoms with van der Waals surface area (Å²) in [7, 11) is 0. The van der Waals surface area contributed by atoms with Crippen molar-refractivity contribution in [2.45, 2.75) is 78.6 Å². The number of alkyl halides is 2. The number of nitrogens with zero attached hydrogens (tertiary/aromatic N) is 3. The number of halogens is 2. The lowest BCUT2D eigenvalue weighted by Crippen LogP contribution is -2.22. The number of fused-ring (bicyclic) bond motifs is 1. The van der Waals surface area contributed by atoms with Gasteiger partial charge in [-0.15, -0.1) is 0 Å². The number of aliphatic imine (C=N–C) groups is 1. The van der Waals surface area contributed by atoms with Crippen molar-refractivity contribution in [3.63, 3.8) is 0 Å². The molecule has 0 spiro atoms. The van der Waals surface area contributed by atoms with E-state index in [1.165, 1.54) is 6.08 Å². The maximum absolute atomic E-state index is 12.9. The summed E-state index contributed by atoms with van der Waals surface area (Å²) in [5, 5.41) is 28.5. The molecule has 0 fully saturated rings. The number of aliphatic hydroxyl groups is 2. The van der Waals surface area contributed by atoms with Crippen LogP contribution in [0.3, 0.4) is 0 Å². The third kappa shape index (κ3) is 6.93. The van der Waals surface area contributed by atoms with Crippen LogP contribution in [0.2, 0.25) is 0 Å². The number of rotatable bonds is 9. The number of carbonyl (C=O) groups is 1. The second-order valence-electron chi connectivity index (χ2n) is 8.98. The highest BCUT2D eigenvalue weighted by Gasteiger charge is 2.24. The third-order valence-electron chi connectivity index (χ3n) is 4.79. The molecule has 2 rings (SSSR count). The lowest BCUT2D eigenvalue weighted by atomic mass is 9.95. The second kappa shape index (κ2) is 9.87. The minimum Gasteiger partial charge on any atom is -0.390 e. The number of anilines is 1. The SMILES string of the molecule is CC/C=C(\N=C(C)C(F)F)C(=O)Nc1cc2cn(CCC(C)(C)O)nc2cc1C(C)(C)O. The number of benzene rings is 1. The van der Waals surface area contributed by atoms with E-state index < -0.39 is 29.2 Å². The molecule has 1 heterocycles. The fourth-order valence-corrected chi connectivity index (χ4v) is 3.04. The third-order valence-corrected chi connectivity index (χ3v) is 4.79. The minimum absolute atomic E-state index is 0.118. The molecular formula is C23H32F2N4O3. The van der Waals surface area contributed by atoms with Crippen LogP contribution in [-0.2, 0) is 16.9 Å². The number of allylic oxidation sites excluding steroid dienone is 1. The van der Waals surface area contributed by atoms with Crippen molar-refractivity contribution in [1.82, 2.24) is 9.78 Å². The summed E-state index contributed by atoms with van der Waals surface area (Å²) >= 11 is 0. The van der Waals surface area contributed by atoms with E-state index in [1.54, 1.807) is 57.6 Å². The van der Waals surface area contributed by atoms with E-state index >= 15 is 0 Å². The molecule has 0 aliphatic heterocycles. The number of aromatic nitrogens is 2. The molecule has 9 heteroatoms. The Morgan fingerprint density at radius 2 is 1.94 bits per heavy atom. The van der Waals surface area contributed by atoms with Crippen molar-refractivity contribution >= 4 is 28.2 Å². The van der Waals surface area contributed by atoms with Gasteiger partial charge in [0.25, 0.3) is 12.3 Å². The zero-order chi connectivity index (χ0) is 24.3. The van der Waals surface area contributed by atoms with E-state index in [1.807, 2.05) is 0 Å². The van der Waals surface area contributed by atoms with E-state index in [0.717, 1.165) is 12.3 Å². The van der Waals surface area contributed by atoms with Gasteiger partial charge in [-0.05, 0) is 59.6 Å². The number of hydrogen-bond acceptors (Lipinski definition) is 5. The molecule has 7 nitrogen and oxygen atoms in total. The predicted molar refractivity (Wildman–Crippen MR) is 122 cm³/mol. The van der Waals surface area contributed by atoms with E-state index in [2.05, 4.69) is 15.4 Å². The molecule has 2 aromatic rings. The number of amides is 1. The molecule has 1 amide bonds. The first kappa shape index (κ1) is 25.6. The highest BCUT2D eigenvalue weighted by molar-refractivity contribution is 6.06. The summed E-state index contributed by atoms with van der Waals surface area (Å²) in [6, 6.07) is 3.36. The average Bonchev–Trinajstić information content (AvgIpc) is 3.05. The van der Waals surface area contributed by atoms with Crippen molar-refractivity contribution in [1.29, 1.82) is 0 Å². The van der Waals surface area contributed by atoms with Gasteiger partial charge in [0, 0.05) is 29.4 Å². The maximum Gasteiger partial charge on any atom is 0.276 e. The van der Waals surface area contributed by atoms with Gasteiger partial charge in [-0.1, -0.05) is 13.0 Å². The Bertz CT molecular complexity index is 1030. The standard InChI is InChI=1S/C23H32F2N4O3/c1-7-8-17(26-14(2)20(24)25)21(30)27-19-11-15-13-29(10-9-22(3,4)31)28-18(15)12-16(19)23(5,6)32/h8,11-13,20,31-32H,7,9-10H2,1-6H3,(H,27,30)/b17-8-,26-14?. The number of nitrogens with one attached hydrogen (secondary N) is 1. The van der Waals surface area contributed by atoms with Gasteiger partial charge in [0.1, 0.15) is 5.70 Å². The Morgan fingerprint density at radius 3 is 2.47 bits per heavy atom. The molecule has 0 atom stereocenters. The number of carbonyl (C=O) groups excluding carboxylic acids is 1. The molecule has 32 heavy (non-hydrogen) atoms. The zero-order valence-corrected chi connectivity index (χ0v) is 19.4. The summed E-state index contributed by atoms with van der Waals surface area (Å²) in [4.78, 5) is 16.6. The minimum atomic E-state index is -2.76. The fourth-order valence-electron chi connectivity index (χ4n) is 3.04. The van der Waals surface area contributed by atoms with Crippen molar-refractivity contribution in [3.05, 3.63) is 35.7 Å². The van der Waals surface area contributed by atoms with Gasteiger partial charge >= 0.3 is 0 Å². The Kier molecular flexibility index (Phi) is 7.90. The number of aryl methyl sites for hydroxylation is 1. The zero-order valence-electron chi connectivity index (χ0n) is 19.4. The summed E-state index contributed by atoms with van der Waals surface area (Å²) in [5.74, 6) is -0.647. The molecule has 0 radical (unpaired) electrons. The summed E-state index contributed by atoms with van der Waals surface area (Å²) in [6.07, 6.45) is 1.43. The monoisotopic (exact) mass is 450 g/mol. The van der Waals surface area contributed by atoms with Gasteiger partial charge in [0.05, 0.1) is 22.4 Å². The maximum atomic E-state index is 12.9. The fraction of sp³-hybridized carbons (Fsp3) is 0.522. The molecule has 0 aliphatic rings. The molecule has 0 bridgehead atoms. The van der Waals surface area contributed by atoms with Crippen LogP contribution in [0.15, 0.2) is 35.1 Å². The van der Waals surface area contributed by atoms with Crippen LogP contribution in [-0.4, -0.2) is 43.6 Å². The molecule has 0 saturated heterocycles. The Hall–Kier alpha value is -2.65. The summed E-state index contributed by atoms with van der Waals surface area (Å²) < 4.78 is 27.5. The average molecular weight is 451 g/mol. The molecule has 176 valence electrons. The van der Waals surface area contributed by atoms with Crippen LogP contribution in [0.25, 0.3) is 10.9 Å². The lowest BCUT2D eigenvalue weighted by molar-refractivity contribution is -0.112. The Labute approximate surface area is 186 Å². The van der Waals surface area contributed by atoms with Gasteiger partial charge in [0.2, 0.25) is 0 Å². The Balaban J connectivity index is 2.45. The van der Waals surface area contributed by atoms with Gasteiger partial charge in [-0.3, -0.25) is 9.48 Å². The quantitative estimate of drug-likeness (QED) is 0.390. The summed E-state index contributed by atoms with van der Waals surface area (Å²) in [6.45, 7) is 10.0. The summed E-state index contributed by atoms with van der Waals surface area (Å²) in [5.41, 5.74) is -1.33. The molecular weight excluding hydrogens is 418 g/mol. The first-order valence-corrected chi connectivity index (χ1v) is 10.5.